The molecular formula is C16H17N5O3. The van der Waals surface area contributed by atoms with Crippen molar-refractivity contribution in [3.05, 3.63) is 58.5 Å². The first-order valence-electron chi connectivity index (χ1n) is 7.52. The van der Waals surface area contributed by atoms with Crippen molar-refractivity contribution in [1.82, 2.24) is 24.6 Å². The lowest BCUT2D eigenvalue weighted by atomic mass is 10.2. The Balaban J connectivity index is 1.71. The highest BCUT2D eigenvalue weighted by molar-refractivity contribution is 5.93. The average Bonchev–Trinajstić information content (AvgIpc) is 3.23. The number of hydrogen-bond acceptors (Lipinski definition) is 5. The minimum absolute atomic E-state index is 0.0523. The molecule has 0 saturated heterocycles. The van der Waals surface area contributed by atoms with Crippen LogP contribution in [0.4, 0.5) is 0 Å². The first-order valence-corrected chi connectivity index (χ1v) is 7.52. The molecule has 0 atom stereocenters. The summed E-state index contributed by atoms with van der Waals surface area (Å²) in [7, 11) is 1.59. The number of aromatic nitrogens is 4. The number of pyridine rings is 1. The molecule has 0 fully saturated rings. The lowest BCUT2D eigenvalue weighted by Crippen LogP contribution is -2.31. The maximum Gasteiger partial charge on any atom is 0.263 e. The molecule has 8 heteroatoms. The van der Waals surface area contributed by atoms with Gasteiger partial charge in [0.15, 0.2) is 0 Å². The fraction of sp³-hybridized carbons (Fsp3) is 0.250. The van der Waals surface area contributed by atoms with Gasteiger partial charge in [-0.1, -0.05) is 5.16 Å². The van der Waals surface area contributed by atoms with Crippen LogP contribution in [0.15, 0.2) is 46.0 Å². The Morgan fingerprint density at radius 1 is 1.29 bits per heavy atom. The monoisotopic (exact) mass is 327 g/mol. The van der Waals surface area contributed by atoms with E-state index in [4.69, 9.17) is 4.52 Å². The minimum atomic E-state index is -0.479. The van der Waals surface area contributed by atoms with E-state index in [1.165, 1.54) is 10.6 Å². The molecular weight excluding hydrogens is 310 g/mol. The zero-order valence-electron chi connectivity index (χ0n) is 13.4. The van der Waals surface area contributed by atoms with Gasteiger partial charge in [-0.3, -0.25) is 9.59 Å². The molecule has 0 aliphatic heterocycles. The molecule has 8 nitrogen and oxygen atoms in total. The maximum absolute atomic E-state index is 12.1. The molecule has 1 N–H and O–H groups in total. The molecule has 0 unspecified atom stereocenters. The molecule has 0 saturated carbocycles. The third-order valence-electron chi connectivity index (χ3n) is 3.64. The van der Waals surface area contributed by atoms with Gasteiger partial charge in [-0.2, -0.15) is 4.98 Å². The fourth-order valence-corrected chi connectivity index (χ4v) is 2.34. The zero-order chi connectivity index (χ0) is 17.1. The summed E-state index contributed by atoms with van der Waals surface area (Å²) in [4.78, 5) is 28.3. The van der Waals surface area contributed by atoms with Gasteiger partial charge in [0, 0.05) is 26.0 Å². The van der Waals surface area contributed by atoms with Crippen LogP contribution in [0, 0.1) is 0 Å². The predicted molar refractivity (Wildman–Crippen MR) is 86.3 cm³/mol. The van der Waals surface area contributed by atoms with Crippen LogP contribution in [0.1, 0.15) is 23.2 Å². The summed E-state index contributed by atoms with van der Waals surface area (Å²) in [6.45, 7) is 2.86. The zero-order valence-corrected chi connectivity index (χ0v) is 13.4. The van der Waals surface area contributed by atoms with Gasteiger partial charge in [-0.15, -0.1) is 0 Å². The lowest BCUT2D eigenvalue weighted by Gasteiger charge is -2.03. The van der Waals surface area contributed by atoms with Gasteiger partial charge in [0.2, 0.25) is 11.7 Å². The predicted octanol–water partition coefficient (Wildman–Crippen LogP) is 1.19. The molecule has 0 bridgehead atoms. The Hall–Kier alpha value is -3.16. The quantitative estimate of drug-likeness (QED) is 0.759. The summed E-state index contributed by atoms with van der Waals surface area (Å²) < 4.78 is 8.49. The summed E-state index contributed by atoms with van der Waals surface area (Å²) in [6.07, 6.45) is 3.52. The summed E-state index contributed by atoms with van der Waals surface area (Å²) in [5.74, 6) is 0.254. The third-order valence-corrected chi connectivity index (χ3v) is 3.64. The number of carbonyl (C=O) groups is 1. The van der Waals surface area contributed by atoms with E-state index < -0.39 is 5.91 Å². The van der Waals surface area contributed by atoms with Gasteiger partial charge >= 0.3 is 0 Å². The first kappa shape index (κ1) is 15.7. The average molecular weight is 327 g/mol. The number of carbonyl (C=O) groups excluding carboxylic acids is 1. The highest BCUT2D eigenvalue weighted by Crippen LogP contribution is 2.16. The molecule has 3 rings (SSSR count). The molecule has 0 aliphatic rings. The second-order valence-corrected chi connectivity index (χ2v) is 5.21. The SMILES string of the molecule is CCn1cccc1-c1noc(CNC(=O)c2cccn(C)c2=O)n1. The molecule has 0 radical (unpaired) electrons. The van der Waals surface area contributed by atoms with Crippen molar-refractivity contribution in [1.29, 1.82) is 0 Å². The van der Waals surface area contributed by atoms with E-state index in [1.54, 1.807) is 19.3 Å². The molecule has 124 valence electrons. The summed E-state index contributed by atoms with van der Waals surface area (Å²) in [5, 5.41) is 6.54. The van der Waals surface area contributed by atoms with Crippen molar-refractivity contribution < 1.29 is 9.32 Å². The van der Waals surface area contributed by atoms with Gasteiger partial charge in [-0.25, -0.2) is 0 Å². The van der Waals surface area contributed by atoms with E-state index in [9.17, 15) is 9.59 Å². The Bertz CT molecular complexity index is 922. The fourth-order valence-electron chi connectivity index (χ4n) is 2.34. The van der Waals surface area contributed by atoms with Crippen molar-refractivity contribution in [2.75, 3.05) is 0 Å². The van der Waals surface area contributed by atoms with Crippen LogP contribution in [0.3, 0.4) is 0 Å². The van der Waals surface area contributed by atoms with Crippen LogP contribution < -0.4 is 10.9 Å². The van der Waals surface area contributed by atoms with E-state index in [0.29, 0.717) is 5.82 Å². The minimum Gasteiger partial charge on any atom is -0.345 e. The molecule has 3 heterocycles. The van der Waals surface area contributed by atoms with Gasteiger partial charge < -0.3 is 19.0 Å². The molecule has 3 aromatic heterocycles. The van der Waals surface area contributed by atoms with Crippen molar-refractivity contribution in [3.63, 3.8) is 0 Å². The molecule has 3 aromatic rings. The van der Waals surface area contributed by atoms with Crippen molar-refractivity contribution in [2.24, 2.45) is 7.05 Å². The van der Waals surface area contributed by atoms with E-state index in [2.05, 4.69) is 15.5 Å². The third kappa shape index (κ3) is 2.98. The Morgan fingerprint density at radius 3 is 2.88 bits per heavy atom. The molecule has 0 spiro atoms. The van der Waals surface area contributed by atoms with E-state index in [0.717, 1.165) is 12.2 Å². The van der Waals surface area contributed by atoms with E-state index in [1.807, 2.05) is 29.8 Å². The number of rotatable bonds is 5. The van der Waals surface area contributed by atoms with Crippen LogP contribution in [-0.4, -0.2) is 25.2 Å². The first-order chi connectivity index (χ1) is 11.6. The van der Waals surface area contributed by atoms with Gasteiger partial charge in [0.1, 0.15) is 5.56 Å². The topological polar surface area (TPSA) is 95.0 Å². The van der Waals surface area contributed by atoms with Crippen molar-refractivity contribution >= 4 is 5.91 Å². The second kappa shape index (κ2) is 6.53. The van der Waals surface area contributed by atoms with Gasteiger partial charge in [-0.05, 0) is 31.2 Å². The Labute approximate surface area is 137 Å². The molecule has 1 amide bonds. The van der Waals surface area contributed by atoms with Crippen molar-refractivity contribution in [3.8, 4) is 11.5 Å². The highest BCUT2D eigenvalue weighted by atomic mass is 16.5. The normalized spacial score (nSPS) is 10.8. The van der Waals surface area contributed by atoms with E-state index >= 15 is 0 Å². The maximum atomic E-state index is 12.1. The smallest absolute Gasteiger partial charge is 0.263 e. The number of nitrogens with one attached hydrogen (secondary N) is 1. The van der Waals surface area contributed by atoms with Gasteiger partial charge in [0.05, 0.1) is 12.2 Å². The number of hydrogen-bond donors (Lipinski definition) is 1. The van der Waals surface area contributed by atoms with Crippen molar-refractivity contribution in [2.45, 2.75) is 20.0 Å². The summed E-state index contributed by atoms with van der Waals surface area (Å²) >= 11 is 0. The Kier molecular flexibility index (Phi) is 4.28. The number of aryl methyl sites for hydroxylation is 2. The van der Waals surface area contributed by atoms with E-state index in [-0.39, 0.29) is 23.6 Å². The number of nitrogens with zero attached hydrogens (tertiary/aromatic N) is 4. The molecule has 0 aliphatic carbocycles. The molecule has 0 aromatic carbocycles. The highest BCUT2D eigenvalue weighted by Gasteiger charge is 2.14. The van der Waals surface area contributed by atoms with Crippen LogP contribution in [-0.2, 0) is 20.1 Å². The van der Waals surface area contributed by atoms with Crippen LogP contribution in [0.5, 0.6) is 0 Å². The standard InChI is InChI=1S/C16H17N5O3/c1-3-21-9-5-7-12(21)14-18-13(24-19-14)10-17-15(22)11-6-4-8-20(2)16(11)23/h4-9H,3,10H2,1-2H3,(H,17,22). The van der Waals surface area contributed by atoms with Crippen LogP contribution >= 0.6 is 0 Å². The van der Waals surface area contributed by atoms with Crippen LogP contribution in [0.2, 0.25) is 0 Å². The molecule has 24 heavy (non-hydrogen) atoms. The second-order valence-electron chi connectivity index (χ2n) is 5.21. The summed E-state index contributed by atoms with van der Waals surface area (Å²) in [5.41, 5.74) is 0.553. The van der Waals surface area contributed by atoms with Gasteiger partial charge in [0.25, 0.3) is 11.5 Å². The number of amides is 1. The summed E-state index contributed by atoms with van der Waals surface area (Å²) in [6, 6.07) is 6.91. The largest absolute Gasteiger partial charge is 0.345 e. The Morgan fingerprint density at radius 2 is 2.08 bits per heavy atom. The lowest BCUT2D eigenvalue weighted by molar-refractivity contribution is 0.0944. The van der Waals surface area contributed by atoms with Crippen LogP contribution in [0.25, 0.3) is 11.5 Å².